The molecule has 0 bridgehead atoms. The number of fused-ring (bicyclic) bond motifs is 1. The zero-order valence-electron chi connectivity index (χ0n) is 13.0. The summed E-state index contributed by atoms with van der Waals surface area (Å²) in [6.07, 6.45) is 8.30. The molecule has 0 saturated heterocycles. The number of nitrogens with one attached hydrogen (secondary N) is 2. The highest BCUT2D eigenvalue weighted by molar-refractivity contribution is 5.93. The molecular weight excluding hydrogens is 260 g/mol. The SMILES string of the molecule is CCNC(c1ccc2c(c1)CCC(=O)N2)C1CCCCC1. The van der Waals surface area contributed by atoms with Crippen molar-refractivity contribution >= 4 is 11.6 Å². The Kier molecular flexibility index (Phi) is 4.59. The molecule has 1 aromatic carbocycles. The van der Waals surface area contributed by atoms with Crippen LogP contribution in [0.1, 0.15) is 62.6 Å². The molecule has 3 rings (SSSR count). The monoisotopic (exact) mass is 286 g/mol. The molecule has 2 aliphatic rings. The molecule has 21 heavy (non-hydrogen) atoms. The highest BCUT2D eigenvalue weighted by Gasteiger charge is 2.25. The zero-order chi connectivity index (χ0) is 14.7. The number of hydrogen-bond acceptors (Lipinski definition) is 2. The molecule has 1 aliphatic carbocycles. The number of amides is 1. The van der Waals surface area contributed by atoms with E-state index in [1.54, 1.807) is 0 Å². The molecule has 0 spiro atoms. The first-order valence-electron chi connectivity index (χ1n) is 8.44. The van der Waals surface area contributed by atoms with Gasteiger partial charge in [0.1, 0.15) is 0 Å². The highest BCUT2D eigenvalue weighted by Crippen LogP contribution is 2.36. The predicted molar refractivity (Wildman–Crippen MR) is 86.4 cm³/mol. The maximum Gasteiger partial charge on any atom is 0.224 e. The van der Waals surface area contributed by atoms with Crippen molar-refractivity contribution in [1.29, 1.82) is 0 Å². The molecule has 1 fully saturated rings. The normalized spacial score (nSPS) is 20.7. The minimum Gasteiger partial charge on any atom is -0.326 e. The van der Waals surface area contributed by atoms with Crippen LogP contribution in [0.15, 0.2) is 18.2 Å². The number of carbonyl (C=O) groups is 1. The van der Waals surface area contributed by atoms with E-state index < -0.39 is 0 Å². The summed E-state index contributed by atoms with van der Waals surface area (Å²) in [6, 6.07) is 7.08. The Balaban J connectivity index is 1.83. The topological polar surface area (TPSA) is 41.1 Å². The second-order valence-corrected chi connectivity index (χ2v) is 6.40. The van der Waals surface area contributed by atoms with Crippen LogP contribution in [-0.2, 0) is 11.2 Å². The third-order valence-corrected chi connectivity index (χ3v) is 4.93. The molecule has 2 N–H and O–H groups in total. The van der Waals surface area contributed by atoms with Gasteiger partial charge in [0.05, 0.1) is 0 Å². The smallest absolute Gasteiger partial charge is 0.224 e. The van der Waals surface area contributed by atoms with E-state index in [4.69, 9.17) is 0 Å². The van der Waals surface area contributed by atoms with Gasteiger partial charge in [-0.15, -0.1) is 0 Å². The van der Waals surface area contributed by atoms with E-state index in [9.17, 15) is 4.79 Å². The first kappa shape index (κ1) is 14.6. The number of carbonyl (C=O) groups excluding carboxylic acids is 1. The third kappa shape index (κ3) is 3.29. The highest BCUT2D eigenvalue weighted by atomic mass is 16.1. The zero-order valence-corrected chi connectivity index (χ0v) is 13.0. The quantitative estimate of drug-likeness (QED) is 0.884. The van der Waals surface area contributed by atoms with Crippen LogP contribution in [0.25, 0.3) is 0 Å². The second-order valence-electron chi connectivity index (χ2n) is 6.40. The molecule has 0 aromatic heterocycles. The van der Waals surface area contributed by atoms with Crippen LogP contribution in [-0.4, -0.2) is 12.5 Å². The molecule has 1 unspecified atom stereocenters. The molecule has 114 valence electrons. The van der Waals surface area contributed by atoms with Crippen molar-refractivity contribution in [2.45, 2.75) is 57.9 Å². The van der Waals surface area contributed by atoms with Crippen molar-refractivity contribution in [3.63, 3.8) is 0 Å². The van der Waals surface area contributed by atoms with Crippen molar-refractivity contribution in [1.82, 2.24) is 5.32 Å². The van der Waals surface area contributed by atoms with E-state index in [2.05, 4.69) is 35.8 Å². The first-order valence-corrected chi connectivity index (χ1v) is 8.44. The van der Waals surface area contributed by atoms with Gasteiger partial charge >= 0.3 is 0 Å². The summed E-state index contributed by atoms with van der Waals surface area (Å²) < 4.78 is 0. The van der Waals surface area contributed by atoms with Crippen molar-refractivity contribution in [3.05, 3.63) is 29.3 Å². The first-order chi connectivity index (χ1) is 10.3. The summed E-state index contributed by atoms with van der Waals surface area (Å²) in [6.45, 7) is 3.20. The van der Waals surface area contributed by atoms with Crippen molar-refractivity contribution in [3.8, 4) is 0 Å². The number of anilines is 1. The molecule has 1 heterocycles. The Morgan fingerprint density at radius 2 is 2.05 bits per heavy atom. The summed E-state index contributed by atoms with van der Waals surface area (Å²) in [5.41, 5.74) is 3.71. The third-order valence-electron chi connectivity index (χ3n) is 4.93. The van der Waals surface area contributed by atoms with E-state index in [-0.39, 0.29) is 5.91 Å². The van der Waals surface area contributed by atoms with Gasteiger partial charge in [0.25, 0.3) is 0 Å². The number of aryl methyl sites for hydroxylation is 1. The second kappa shape index (κ2) is 6.61. The average molecular weight is 286 g/mol. The molecule has 3 heteroatoms. The van der Waals surface area contributed by atoms with E-state index in [0.717, 1.165) is 24.6 Å². The molecule has 1 amide bonds. The fourth-order valence-corrected chi connectivity index (χ4v) is 3.84. The molecule has 1 saturated carbocycles. The average Bonchev–Trinajstić information content (AvgIpc) is 2.53. The Hall–Kier alpha value is -1.35. The fraction of sp³-hybridized carbons (Fsp3) is 0.611. The van der Waals surface area contributed by atoms with Crippen molar-refractivity contribution < 1.29 is 4.79 Å². The minimum absolute atomic E-state index is 0.144. The van der Waals surface area contributed by atoms with Crippen LogP contribution >= 0.6 is 0 Å². The van der Waals surface area contributed by atoms with Crippen molar-refractivity contribution in [2.75, 3.05) is 11.9 Å². The Morgan fingerprint density at radius 1 is 1.24 bits per heavy atom. The molecule has 1 aromatic rings. The summed E-state index contributed by atoms with van der Waals surface area (Å²) in [5.74, 6) is 0.903. The van der Waals surface area contributed by atoms with E-state index in [1.807, 2.05) is 0 Å². The van der Waals surface area contributed by atoms with Crippen LogP contribution < -0.4 is 10.6 Å². The van der Waals surface area contributed by atoms with Gasteiger partial charge in [-0.25, -0.2) is 0 Å². The summed E-state index contributed by atoms with van der Waals surface area (Å²) >= 11 is 0. The van der Waals surface area contributed by atoms with Crippen LogP contribution in [0.3, 0.4) is 0 Å². The minimum atomic E-state index is 0.144. The molecular formula is C18H26N2O. The summed E-state index contributed by atoms with van der Waals surface area (Å²) in [7, 11) is 0. The lowest BCUT2D eigenvalue weighted by Crippen LogP contribution is -2.30. The van der Waals surface area contributed by atoms with Gasteiger partial charge in [-0.3, -0.25) is 4.79 Å². The Bertz CT molecular complexity index is 506. The molecule has 0 radical (unpaired) electrons. The molecule has 3 nitrogen and oxygen atoms in total. The van der Waals surface area contributed by atoms with E-state index in [0.29, 0.717) is 12.5 Å². The lowest BCUT2D eigenvalue weighted by molar-refractivity contribution is -0.116. The Labute approximate surface area is 127 Å². The van der Waals surface area contributed by atoms with Gasteiger partial charge < -0.3 is 10.6 Å². The lowest BCUT2D eigenvalue weighted by atomic mass is 9.80. The van der Waals surface area contributed by atoms with Gasteiger partial charge in [0, 0.05) is 18.2 Å². The summed E-state index contributed by atoms with van der Waals surface area (Å²) in [4.78, 5) is 11.5. The van der Waals surface area contributed by atoms with Crippen LogP contribution in [0.2, 0.25) is 0 Å². The van der Waals surface area contributed by atoms with Gasteiger partial charge in [0.15, 0.2) is 0 Å². The van der Waals surface area contributed by atoms with Crippen LogP contribution in [0.4, 0.5) is 5.69 Å². The predicted octanol–water partition coefficient (Wildman–Crippen LogP) is 3.80. The molecule has 1 aliphatic heterocycles. The van der Waals surface area contributed by atoms with Gasteiger partial charge in [-0.2, -0.15) is 0 Å². The number of benzene rings is 1. The molecule has 1 atom stereocenters. The van der Waals surface area contributed by atoms with Gasteiger partial charge in [-0.1, -0.05) is 38.3 Å². The van der Waals surface area contributed by atoms with Crippen molar-refractivity contribution in [2.24, 2.45) is 5.92 Å². The summed E-state index contributed by atoms with van der Waals surface area (Å²) in [5, 5.41) is 6.68. The lowest BCUT2D eigenvalue weighted by Gasteiger charge is -2.32. The Morgan fingerprint density at radius 3 is 2.81 bits per heavy atom. The van der Waals surface area contributed by atoms with E-state index >= 15 is 0 Å². The maximum atomic E-state index is 11.5. The maximum absolute atomic E-state index is 11.5. The van der Waals surface area contributed by atoms with Crippen LogP contribution in [0.5, 0.6) is 0 Å². The largest absolute Gasteiger partial charge is 0.326 e. The van der Waals surface area contributed by atoms with Crippen LogP contribution in [0, 0.1) is 5.92 Å². The fourth-order valence-electron chi connectivity index (χ4n) is 3.84. The standard InChI is InChI=1S/C18H26N2O/c1-2-19-18(13-6-4-3-5-7-13)15-8-10-16-14(12-15)9-11-17(21)20-16/h8,10,12-13,18-19H,2-7,9,11H2,1H3,(H,20,21). The number of hydrogen-bond donors (Lipinski definition) is 2. The van der Waals surface area contributed by atoms with E-state index in [1.165, 1.54) is 43.2 Å². The van der Waals surface area contributed by atoms with Gasteiger partial charge in [0.2, 0.25) is 5.91 Å². The number of rotatable bonds is 4. The van der Waals surface area contributed by atoms with Gasteiger partial charge in [-0.05, 0) is 48.9 Å².